The Morgan fingerprint density at radius 3 is 1.88 bits per heavy atom. The fourth-order valence-corrected chi connectivity index (χ4v) is 6.72. The first-order chi connectivity index (χ1) is 19.4. The minimum atomic E-state index is -4.62. The molecule has 0 spiro atoms. The second-order valence-corrected chi connectivity index (χ2v) is 11.5. The summed E-state index contributed by atoms with van der Waals surface area (Å²) in [6, 6.07) is 37.4. The first-order valence-electron chi connectivity index (χ1n) is 12.9. The number of benzene rings is 5. The maximum Gasteiger partial charge on any atom is 0.356 e. The van der Waals surface area contributed by atoms with Gasteiger partial charge in [0.15, 0.2) is 5.43 Å². The van der Waals surface area contributed by atoms with E-state index in [-0.39, 0.29) is 16.7 Å². The van der Waals surface area contributed by atoms with Gasteiger partial charge in [-0.1, -0.05) is 97.1 Å². The van der Waals surface area contributed by atoms with Gasteiger partial charge in [0.05, 0.1) is 10.7 Å². The number of hydrogen-bond acceptors (Lipinski definition) is 3. The van der Waals surface area contributed by atoms with Gasteiger partial charge in [-0.25, -0.2) is 0 Å². The summed E-state index contributed by atoms with van der Waals surface area (Å²) in [5.74, 6) is 0.240. The van der Waals surface area contributed by atoms with Crippen LogP contribution >= 0.6 is 7.60 Å². The van der Waals surface area contributed by atoms with E-state index >= 15 is 0 Å². The van der Waals surface area contributed by atoms with Gasteiger partial charge in [0.1, 0.15) is 11.3 Å². The van der Waals surface area contributed by atoms with E-state index in [4.69, 9.17) is 4.42 Å². The smallest absolute Gasteiger partial charge is 0.356 e. The molecule has 1 aromatic heterocycles. The van der Waals surface area contributed by atoms with Crippen molar-refractivity contribution in [3.8, 4) is 33.6 Å². The van der Waals surface area contributed by atoms with E-state index in [2.05, 4.69) is 24.3 Å². The highest BCUT2D eigenvalue weighted by molar-refractivity contribution is 7.60. The van der Waals surface area contributed by atoms with Gasteiger partial charge in [-0.05, 0) is 51.6 Å². The van der Waals surface area contributed by atoms with Crippen molar-refractivity contribution in [1.29, 1.82) is 0 Å². The van der Waals surface area contributed by atoms with Crippen molar-refractivity contribution in [2.45, 2.75) is 5.92 Å². The highest BCUT2D eigenvalue weighted by Crippen LogP contribution is 2.51. The minimum absolute atomic E-state index is 0.0168. The summed E-state index contributed by atoms with van der Waals surface area (Å²) in [6.07, 6.45) is 0. The Morgan fingerprint density at radius 2 is 1.20 bits per heavy atom. The lowest BCUT2D eigenvalue weighted by molar-refractivity contribution is 0.387. The molecular formula is C34H23O5P. The first-order valence-corrected chi connectivity index (χ1v) is 14.5. The molecule has 0 unspecified atom stereocenters. The Balaban J connectivity index is 1.41. The van der Waals surface area contributed by atoms with E-state index in [9.17, 15) is 19.1 Å². The molecule has 0 amide bonds. The molecule has 6 aromatic rings. The SMILES string of the molecule is O=c1cc(-c2ccc(-c3c(C4c5ccccc5-c5ccccc54)cccc3P(=O)(O)O)cc2)oc2ccccc12. The van der Waals surface area contributed by atoms with Gasteiger partial charge in [0, 0.05) is 23.1 Å². The van der Waals surface area contributed by atoms with Gasteiger partial charge in [0.25, 0.3) is 0 Å². The van der Waals surface area contributed by atoms with Crippen molar-refractivity contribution in [3.05, 3.63) is 148 Å². The lowest BCUT2D eigenvalue weighted by Gasteiger charge is -2.22. The van der Waals surface area contributed by atoms with Crippen molar-refractivity contribution in [2.24, 2.45) is 0 Å². The van der Waals surface area contributed by atoms with E-state index in [1.807, 2.05) is 60.7 Å². The molecule has 1 aliphatic rings. The van der Waals surface area contributed by atoms with E-state index in [0.717, 1.165) is 27.8 Å². The van der Waals surface area contributed by atoms with Crippen molar-refractivity contribution < 1.29 is 18.8 Å². The fourth-order valence-electron chi connectivity index (χ4n) is 5.89. The average molecular weight is 543 g/mol. The van der Waals surface area contributed by atoms with Crippen LogP contribution in [0.5, 0.6) is 0 Å². The molecule has 7 rings (SSSR count). The zero-order valence-electron chi connectivity index (χ0n) is 21.2. The normalized spacial score (nSPS) is 12.8. The molecule has 0 radical (unpaired) electrons. The van der Waals surface area contributed by atoms with Crippen LogP contribution in [-0.4, -0.2) is 9.79 Å². The van der Waals surface area contributed by atoms with Gasteiger partial charge in [-0.2, -0.15) is 0 Å². The van der Waals surface area contributed by atoms with Crippen LogP contribution in [0.15, 0.2) is 131 Å². The second kappa shape index (κ2) is 9.29. The molecule has 6 heteroatoms. The Bertz CT molecular complexity index is 1990. The summed E-state index contributed by atoms with van der Waals surface area (Å²) in [5.41, 5.74) is 7.51. The van der Waals surface area contributed by atoms with Gasteiger partial charge in [-0.3, -0.25) is 9.36 Å². The zero-order chi connectivity index (χ0) is 27.4. The van der Waals surface area contributed by atoms with Crippen LogP contribution in [0.3, 0.4) is 0 Å². The molecule has 0 saturated carbocycles. The molecule has 194 valence electrons. The molecule has 1 aliphatic carbocycles. The van der Waals surface area contributed by atoms with E-state index in [1.54, 1.807) is 24.3 Å². The Morgan fingerprint density at radius 1 is 0.625 bits per heavy atom. The average Bonchev–Trinajstić information content (AvgIpc) is 3.31. The van der Waals surface area contributed by atoms with Crippen molar-refractivity contribution in [2.75, 3.05) is 0 Å². The molecule has 40 heavy (non-hydrogen) atoms. The summed E-state index contributed by atoms with van der Waals surface area (Å²) >= 11 is 0. The van der Waals surface area contributed by atoms with Crippen molar-refractivity contribution in [3.63, 3.8) is 0 Å². The number of fused-ring (bicyclic) bond motifs is 4. The van der Waals surface area contributed by atoms with Crippen LogP contribution in [0.2, 0.25) is 0 Å². The highest BCUT2D eigenvalue weighted by Gasteiger charge is 2.34. The molecule has 5 aromatic carbocycles. The number of hydrogen-bond donors (Lipinski definition) is 2. The largest absolute Gasteiger partial charge is 0.456 e. The third-order valence-corrected chi connectivity index (χ3v) is 8.63. The first kappa shape index (κ1) is 24.5. The summed E-state index contributed by atoms with van der Waals surface area (Å²) in [6.45, 7) is 0. The quantitative estimate of drug-likeness (QED) is 0.232. The van der Waals surface area contributed by atoms with Gasteiger partial charge in [-0.15, -0.1) is 0 Å². The predicted molar refractivity (Wildman–Crippen MR) is 158 cm³/mol. The molecule has 0 saturated heterocycles. The maximum absolute atomic E-state index is 12.8. The predicted octanol–water partition coefficient (Wildman–Crippen LogP) is 7.09. The van der Waals surface area contributed by atoms with Crippen LogP contribution in [0.4, 0.5) is 0 Å². The van der Waals surface area contributed by atoms with E-state index in [1.165, 1.54) is 12.1 Å². The molecule has 2 N–H and O–H groups in total. The van der Waals surface area contributed by atoms with Crippen LogP contribution in [0, 0.1) is 0 Å². The maximum atomic E-state index is 12.8. The molecule has 0 bridgehead atoms. The monoisotopic (exact) mass is 542 g/mol. The molecule has 5 nitrogen and oxygen atoms in total. The van der Waals surface area contributed by atoms with Crippen LogP contribution in [0.25, 0.3) is 44.5 Å². The van der Waals surface area contributed by atoms with Crippen LogP contribution < -0.4 is 10.7 Å². The van der Waals surface area contributed by atoms with E-state index < -0.39 is 7.60 Å². The van der Waals surface area contributed by atoms with E-state index in [0.29, 0.717) is 33.4 Å². The number of rotatable bonds is 4. The number of para-hydroxylation sites is 1. The van der Waals surface area contributed by atoms with Crippen molar-refractivity contribution in [1.82, 2.24) is 0 Å². The van der Waals surface area contributed by atoms with Crippen LogP contribution in [0.1, 0.15) is 22.6 Å². The fraction of sp³-hybridized carbons (Fsp3) is 0.0294. The molecule has 0 fully saturated rings. The zero-order valence-corrected chi connectivity index (χ0v) is 22.1. The Hall–Kier alpha value is -4.54. The molecule has 0 aliphatic heterocycles. The standard InChI is InChI=1S/C34H23O5P/c35-29-20-31(39-30-14-6-5-12-27(29)30)21-16-18-22(19-17-21)33-28(13-7-15-32(33)40(36,37)38)34-25-10-3-1-8-23(25)24-9-2-4-11-26(24)34/h1-20,34H,(H2,36,37,38). The topological polar surface area (TPSA) is 87.7 Å². The Kier molecular flexibility index (Phi) is 5.69. The summed E-state index contributed by atoms with van der Waals surface area (Å²) in [4.78, 5) is 33.5. The summed E-state index contributed by atoms with van der Waals surface area (Å²) in [5, 5.41) is 0.497. The van der Waals surface area contributed by atoms with Gasteiger partial charge >= 0.3 is 7.60 Å². The molecule has 1 heterocycles. The van der Waals surface area contributed by atoms with Gasteiger partial charge < -0.3 is 14.2 Å². The lowest BCUT2D eigenvalue weighted by Crippen LogP contribution is -2.13. The second-order valence-electron chi connectivity index (χ2n) is 9.94. The third-order valence-electron chi connectivity index (χ3n) is 7.63. The lowest BCUT2D eigenvalue weighted by atomic mass is 9.84. The molecule has 0 atom stereocenters. The minimum Gasteiger partial charge on any atom is -0.456 e. The highest BCUT2D eigenvalue weighted by atomic mass is 31.2. The van der Waals surface area contributed by atoms with Gasteiger partial charge in [0.2, 0.25) is 0 Å². The van der Waals surface area contributed by atoms with Crippen molar-refractivity contribution >= 4 is 23.9 Å². The molecular weight excluding hydrogens is 519 g/mol. The summed E-state index contributed by atoms with van der Waals surface area (Å²) < 4.78 is 18.8. The third kappa shape index (κ3) is 3.95. The summed E-state index contributed by atoms with van der Waals surface area (Å²) in [7, 11) is -4.62. The Labute approximate surface area is 230 Å². The van der Waals surface area contributed by atoms with Crippen LogP contribution in [-0.2, 0) is 4.57 Å².